The van der Waals surface area contributed by atoms with Crippen molar-refractivity contribution in [3.63, 3.8) is 0 Å². The van der Waals surface area contributed by atoms with E-state index in [1.54, 1.807) is 55.6 Å². The largest absolute Gasteiger partial charge is 0.497 e. The van der Waals surface area contributed by atoms with E-state index in [1.165, 1.54) is 0 Å². The molecule has 4 heteroatoms. The Labute approximate surface area is 107 Å². The number of sulfone groups is 1. The van der Waals surface area contributed by atoms with Crippen LogP contribution in [0.15, 0.2) is 58.3 Å². The van der Waals surface area contributed by atoms with E-state index in [0.717, 1.165) is 5.56 Å². The number of rotatable bonds is 3. The number of benzene rings is 2. The number of ether oxygens (including phenoxy) is 1. The van der Waals surface area contributed by atoms with Gasteiger partial charge in [0.2, 0.25) is 9.84 Å². The van der Waals surface area contributed by atoms with Crippen molar-refractivity contribution in [2.75, 3.05) is 7.11 Å². The van der Waals surface area contributed by atoms with E-state index in [1.807, 2.05) is 6.92 Å². The van der Waals surface area contributed by atoms with Crippen LogP contribution in [0.2, 0.25) is 0 Å². The van der Waals surface area contributed by atoms with Gasteiger partial charge in [-0.2, -0.15) is 0 Å². The first kappa shape index (κ1) is 12.6. The zero-order valence-electron chi connectivity index (χ0n) is 10.3. The van der Waals surface area contributed by atoms with Gasteiger partial charge in [-0.25, -0.2) is 8.42 Å². The van der Waals surface area contributed by atoms with Crippen LogP contribution in [0.5, 0.6) is 5.75 Å². The second kappa shape index (κ2) is 4.82. The predicted octanol–water partition coefficient (Wildman–Crippen LogP) is 2.84. The SMILES string of the molecule is COc1ccc(S(=O)(=O)c2ccc(C)cc2)cc1. The molecule has 0 saturated heterocycles. The van der Waals surface area contributed by atoms with Crippen molar-refractivity contribution >= 4 is 9.84 Å². The van der Waals surface area contributed by atoms with E-state index < -0.39 is 9.84 Å². The molecule has 0 amide bonds. The zero-order chi connectivity index (χ0) is 13.2. The molecule has 0 radical (unpaired) electrons. The van der Waals surface area contributed by atoms with Gasteiger partial charge in [0.15, 0.2) is 0 Å². The van der Waals surface area contributed by atoms with Crippen molar-refractivity contribution in [1.29, 1.82) is 0 Å². The Morgan fingerprint density at radius 2 is 1.28 bits per heavy atom. The summed E-state index contributed by atoms with van der Waals surface area (Å²) in [5, 5.41) is 0. The molecule has 18 heavy (non-hydrogen) atoms. The predicted molar refractivity (Wildman–Crippen MR) is 69.6 cm³/mol. The maximum Gasteiger partial charge on any atom is 0.206 e. The molecule has 2 rings (SSSR count). The molecule has 2 aromatic rings. The Bertz CT molecular complexity index is 626. The van der Waals surface area contributed by atoms with Gasteiger partial charge in [-0.15, -0.1) is 0 Å². The van der Waals surface area contributed by atoms with Gasteiger partial charge in [-0.3, -0.25) is 0 Å². The first-order valence-corrected chi connectivity index (χ1v) is 6.98. The molecule has 0 heterocycles. The Balaban J connectivity index is 2.44. The summed E-state index contributed by atoms with van der Waals surface area (Å²) >= 11 is 0. The molecule has 94 valence electrons. The number of hydrogen-bond acceptors (Lipinski definition) is 3. The molecule has 0 spiro atoms. The Kier molecular flexibility index (Phi) is 3.39. The van der Waals surface area contributed by atoms with E-state index in [9.17, 15) is 8.42 Å². The third kappa shape index (κ3) is 2.38. The normalized spacial score (nSPS) is 11.2. The smallest absolute Gasteiger partial charge is 0.206 e. The molecule has 0 aromatic heterocycles. The molecule has 0 fully saturated rings. The third-order valence-corrected chi connectivity index (χ3v) is 4.49. The summed E-state index contributed by atoms with van der Waals surface area (Å²) < 4.78 is 29.6. The Morgan fingerprint density at radius 3 is 1.72 bits per heavy atom. The Hall–Kier alpha value is -1.81. The fraction of sp³-hybridized carbons (Fsp3) is 0.143. The summed E-state index contributed by atoms with van der Waals surface area (Å²) in [4.78, 5) is 0.574. The molecule has 0 N–H and O–H groups in total. The maximum absolute atomic E-state index is 12.3. The van der Waals surface area contributed by atoms with Gasteiger partial charge in [-0.05, 0) is 43.3 Å². The zero-order valence-corrected chi connectivity index (χ0v) is 11.1. The lowest BCUT2D eigenvalue weighted by molar-refractivity contribution is 0.414. The molecular weight excluding hydrogens is 248 g/mol. The average molecular weight is 262 g/mol. The summed E-state index contributed by atoms with van der Waals surface area (Å²) in [7, 11) is -1.89. The van der Waals surface area contributed by atoms with E-state index in [0.29, 0.717) is 10.6 Å². The summed E-state index contributed by atoms with van der Waals surface area (Å²) in [5.41, 5.74) is 1.03. The van der Waals surface area contributed by atoms with Crippen molar-refractivity contribution in [1.82, 2.24) is 0 Å². The molecular formula is C14H14O3S. The lowest BCUT2D eigenvalue weighted by Gasteiger charge is -2.06. The average Bonchev–Trinajstić information content (AvgIpc) is 2.39. The minimum atomic E-state index is -3.44. The van der Waals surface area contributed by atoms with Crippen LogP contribution < -0.4 is 4.74 Å². The summed E-state index contributed by atoms with van der Waals surface area (Å²) in [6, 6.07) is 13.2. The van der Waals surface area contributed by atoms with Crippen LogP contribution in [-0.4, -0.2) is 15.5 Å². The topological polar surface area (TPSA) is 43.4 Å². The molecule has 3 nitrogen and oxygen atoms in total. The van der Waals surface area contributed by atoms with Crippen LogP contribution in [-0.2, 0) is 9.84 Å². The highest BCUT2D eigenvalue weighted by molar-refractivity contribution is 7.91. The molecule has 0 unspecified atom stereocenters. The fourth-order valence-corrected chi connectivity index (χ4v) is 2.87. The maximum atomic E-state index is 12.3. The van der Waals surface area contributed by atoms with Gasteiger partial charge >= 0.3 is 0 Å². The summed E-state index contributed by atoms with van der Waals surface area (Å²) in [6.45, 7) is 1.92. The monoisotopic (exact) mass is 262 g/mol. The highest BCUT2D eigenvalue weighted by Crippen LogP contribution is 2.23. The quantitative estimate of drug-likeness (QED) is 0.854. The van der Waals surface area contributed by atoms with Crippen molar-refractivity contribution < 1.29 is 13.2 Å². The van der Waals surface area contributed by atoms with E-state index in [2.05, 4.69) is 0 Å². The highest BCUT2D eigenvalue weighted by atomic mass is 32.2. The van der Waals surface area contributed by atoms with Crippen LogP contribution in [0.4, 0.5) is 0 Å². The van der Waals surface area contributed by atoms with Crippen LogP contribution in [0, 0.1) is 6.92 Å². The first-order chi connectivity index (χ1) is 8.54. The Morgan fingerprint density at radius 1 is 0.833 bits per heavy atom. The molecule has 0 aliphatic carbocycles. The van der Waals surface area contributed by atoms with Gasteiger partial charge in [0.05, 0.1) is 16.9 Å². The van der Waals surface area contributed by atoms with Gasteiger partial charge in [0, 0.05) is 0 Å². The molecule has 2 aromatic carbocycles. The van der Waals surface area contributed by atoms with E-state index >= 15 is 0 Å². The second-order valence-electron chi connectivity index (χ2n) is 3.99. The van der Waals surface area contributed by atoms with Gasteiger partial charge in [-0.1, -0.05) is 17.7 Å². The highest BCUT2D eigenvalue weighted by Gasteiger charge is 2.16. The van der Waals surface area contributed by atoms with Crippen molar-refractivity contribution in [3.8, 4) is 5.75 Å². The van der Waals surface area contributed by atoms with Crippen LogP contribution in [0.3, 0.4) is 0 Å². The molecule has 0 aliphatic rings. The molecule has 0 atom stereocenters. The van der Waals surface area contributed by atoms with E-state index in [4.69, 9.17) is 4.74 Å². The van der Waals surface area contributed by atoms with Gasteiger partial charge < -0.3 is 4.74 Å². The lowest BCUT2D eigenvalue weighted by atomic mass is 10.2. The fourth-order valence-electron chi connectivity index (χ4n) is 1.61. The number of hydrogen-bond donors (Lipinski definition) is 0. The first-order valence-electron chi connectivity index (χ1n) is 5.50. The van der Waals surface area contributed by atoms with Gasteiger partial charge in [0.25, 0.3) is 0 Å². The molecule has 0 saturated carbocycles. The summed E-state index contributed by atoms with van der Waals surface area (Å²) in [6.07, 6.45) is 0. The minimum absolute atomic E-state index is 0.271. The third-order valence-electron chi connectivity index (χ3n) is 2.70. The molecule has 0 aliphatic heterocycles. The lowest BCUT2D eigenvalue weighted by Crippen LogP contribution is -2.01. The van der Waals surface area contributed by atoms with Crippen molar-refractivity contribution in [2.24, 2.45) is 0 Å². The summed E-state index contributed by atoms with van der Waals surface area (Å²) in [5.74, 6) is 0.637. The van der Waals surface area contributed by atoms with E-state index in [-0.39, 0.29) is 4.90 Å². The van der Waals surface area contributed by atoms with Crippen molar-refractivity contribution in [2.45, 2.75) is 16.7 Å². The number of aryl methyl sites for hydroxylation is 1. The molecule has 0 bridgehead atoms. The van der Waals surface area contributed by atoms with Gasteiger partial charge in [0.1, 0.15) is 5.75 Å². The van der Waals surface area contributed by atoms with Crippen LogP contribution in [0.25, 0.3) is 0 Å². The standard InChI is InChI=1S/C14H14O3S/c1-11-3-7-13(8-4-11)18(15,16)14-9-5-12(17-2)6-10-14/h3-10H,1-2H3. The van der Waals surface area contributed by atoms with Crippen LogP contribution in [0.1, 0.15) is 5.56 Å². The minimum Gasteiger partial charge on any atom is -0.497 e. The number of methoxy groups -OCH3 is 1. The van der Waals surface area contributed by atoms with Crippen molar-refractivity contribution in [3.05, 3.63) is 54.1 Å². The second-order valence-corrected chi connectivity index (χ2v) is 5.94. The van der Waals surface area contributed by atoms with Crippen LogP contribution >= 0.6 is 0 Å².